The number of alkyl halides is 3. The summed E-state index contributed by atoms with van der Waals surface area (Å²) < 4.78 is 13.4. The molecule has 0 spiro atoms. The molecule has 14 nitrogen and oxygen atoms in total. The molecule has 0 aliphatic carbocycles. The van der Waals surface area contributed by atoms with E-state index < -0.39 is 82.3 Å². The van der Waals surface area contributed by atoms with E-state index >= 15 is 0 Å². The van der Waals surface area contributed by atoms with Crippen LogP contribution in [0.4, 0.5) is 9.59 Å². The first-order chi connectivity index (χ1) is 22.3. The number of benzene rings is 1. The average Bonchev–Trinajstić information content (AvgIpc) is 3.00. The molecule has 5 N–H and O–H groups in total. The largest absolute Gasteiger partial charge is 0.461 e. The van der Waals surface area contributed by atoms with Crippen LogP contribution in [0.5, 0.6) is 0 Å². The van der Waals surface area contributed by atoms with Crippen molar-refractivity contribution in [2.45, 2.75) is 88.0 Å². The number of alkyl carbamates (subject to hydrolysis) is 1. The molecule has 0 aliphatic rings. The van der Waals surface area contributed by atoms with Crippen molar-refractivity contribution in [1.29, 1.82) is 0 Å². The first kappa shape index (κ1) is 42.9. The number of halogens is 3. The number of carbonyl (C=O) groups excluding carboxylic acids is 6. The molecule has 5 amide bonds. The van der Waals surface area contributed by atoms with Crippen molar-refractivity contribution in [3.8, 4) is 0 Å². The molecule has 0 unspecified atom stereocenters. The van der Waals surface area contributed by atoms with Gasteiger partial charge in [0.25, 0.3) is 5.91 Å². The van der Waals surface area contributed by atoms with Gasteiger partial charge in [-0.3, -0.25) is 24.6 Å². The van der Waals surface area contributed by atoms with E-state index in [2.05, 4.69) is 21.4 Å². The van der Waals surface area contributed by atoms with Gasteiger partial charge in [-0.2, -0.15) is 11.8 Å². The summed E-state index contributed by atoms with van der Waals surface area (Å²) in [5.41, 5.74) is 3.97. The summed E-state index contributed by atoms with van der Waals surface area (Å²) in [5, 5.41) is 7.60. The minimum atomic E-state index is -1.87. The molecule has 4 atom stereocenters. The van der Waals surface area contributed by atoms with E-state index in [-0.39, 0.29) is 13.0 Å². The number of thioether (sulfide) groups is 1. The van der Waals surface area contributed by atoms with Crippen molar-refractivity contribution in [3.63, 3.8) is 0 Å². The van der Waals surface area contributed by atoms with E-state index in [0.717, 1.165) is 5.56 Å². The number of hydrogen-bond donors (Lipinski definition) is 5. The van der Waals surface area contributed by atoms with Crippen LogP contribution in [-0.2, 0) is 40.0 Å². The molecule has 0 heterocycles. The first-order valence-corrected chi connectivity index (χ1v) is 17.5. The maximum absolute atomic E-state index is 13.5. The van der Waals surface area contributed by atoms with Crippen molar-refractivity contribution in [3.05, 3.63) is 35.9 Å². The summed E-state index contributed by atoms with van der Waals surface area (Å²) in [4.78, 5) is 77.3. The Balaban J connectivity index is 3.09. The van der Waals surface area contributed by atoms with Gasteiger partial charge in [0.05, 0.1) is 6.42 Å². The number of ether oxygens (including phenoxy) is 3. The van der Waals surface area contributed by atoms with Gasteiger partial charge in [0.1, 0.15) is 36.9 Å². The molecule has 1 rings (SSSR count). The predicted octanol–water partition coefficient (Wildman–Crippen LogP) is 3.91. The summed E-state index contributed by atoms with van der Waals surface area (Å²) in [6, 6.07) is 5.06. The van der Waals surface area contributed by atoms with Gasteiger partial charge in [-0.05, 0) is 50.7 Å². The summed E-state index contributed by atoms with van der Waals surface area (Å²) in [6.45, 7) is 7.74. The van der Waals surface area contributed by atoms with Gasteiger partial charge < -0.3 is 30.2 Å². The number of hydrogen-bond acceptors (Lipinski definition) is 10. The minimum Gasteiger partial charge on any atom is -0.461 e. The van der Waals surface area contributed by atoms with Crippen LogP contribution >= 0.6 is 46.6 Å². The van der Waals surface area contributed by atoms with Crippen molar-refractivity contribution in [2.24, 2.45) is 5.92 Å². The fourth-order valence-corrected chi connectivity index (χ4v) is 4.36. The van der Waals surface area contributed by atoms with Crippen LogP contribution in [0.2, 0.25) is 0 Å². The highest BCUT2D eigenvalue weighted by Gasteiger charge is 2.34. The van der Waals surface area contributed by atoms with E-state index in [1.54, 1.807) is 65.1 Å². The zero-order valence-electron chi connectivity index (χ0n) is 27.7. The molecule has 0 fully saturated rings. The monoisotopic (exact) mass is 755 g/mol. The number of nitrogens with one attached hydrogen (secondary N) is 5. The van der Waals surface area contributed by atoms with Crippen molar-refractivity contribution >= 4 is 82.4 Å². The lowest BCUT2D eigenvalue weighted by molar-refractivity contribution is -0.147. The van der Waals surface area contributed by atoms with Gasteiger partial charge in [0, 0.05) is 0 Å². The zero-order chi connectivity index (χ0) is 36.5. The smallest absolute Gasteiger partial charge is 0.426 e. The van der Waals surface area contributed by atoms with E-state index in [0.29, 0.717) is 12.2 Å². The van der Waals surface area contributed by atoms with E-state index in [9.17, 15) is 28.8 Å². The summed E-state index contributed by atoms with van der Waals surface area (Å²) in [5.74, 6) is -3.16. The second-order valence-electron chi connectivity index (χ2n) is 11.6. The summed E-state index contributed by atoms with van der Waals surface area (Å²) >= 11 is 18.1. The molecule has 0 bridgehead atoms. The number of carbonyl (C=O) groups is 6. The molecule has 18 heteroatoms. The zero-order valence-corrected chi connectivity index (χ0v) is 30.7. The van der Waals surface area contributed by atoms with Gasteiger partial charge in [-0.25, -0.2) is 15.0 Å². The standard InChI is InChI=1S/C30H44Cl3N5O9S/c1-7-18(2)23(26(42)34-20(13-14-48-6)25(41)37-38-28(44)46-17-30(31,32)33)36-24(40)21(35-27(43)47-29(3,4)5)15-22(39)45-16-19-11-9-8-10-12-19/h8-12,18,20-21,23H,7,13-17H2,1-6H3,(H,34,42)(H,35,43)(H,36,40)(H,37,41)(H,38,44)/t18-,20-,21-,23-/m0/s1. The van der Waals surface area contributed by atoms with Crippen molar-refractivity contribution in [2.75, 3.05) is 18.6 Å². The topological polar surface area (TPSA) is 190 Å². The van der Waals surface area contributed by atoms with Gasteiger partial charge in [-0.1, -0.05) is 85.4 Å². The van der Waals surface area contributed by atoms with E-state index in [1.807, 2.05) is 11.5 Å². The molecule has 0 aromatic heterocycles. The average molecular weight is 757 g/mol. The normalized spacial score (nSPS) is 13.9. The number of hydrazine groups is 1. The molecular formula is C30H44Cl3N5O9S. The Morgan fingerprint density at radius 1 is 0.833 bits per heavy atom. The van der Waals surface area contributed by atoms with Crippen LogP contribution in [-0.4, -0.2) is 82.0 Å². The van der Waals surface area contributed by atoms with Gasteiger partial charge in [-0.15, -0.1) is 0 Å². The van der Waals surface area contributed by atoms with Crippen LogP contribution < -0.4 is 26.8 Å². The van der Waals surface area contributed by atoms with Crippen molar-refractivity contribution in [1.82, 2.24) is 26.8 Å². The highest BCUT2D eigenvalue weighted by Crippen LogP contribution is 2.25. The van der Waals surface area contributed by atoms with Crippen LogP contribution in [0.25, 0.3) is 0 Å². The molecule has 1 aromatic carbocycles. The Morgan fingerprint density at radius 3 is 2.04 bits per heavy atom. The van der Waals surface area contributed by atoms with E-state index in [1.165, 1.54) is 11.8 Å². The highest BCUT2D eigenvalue weighted by molar-refractivity contribution is 7.98. The molecule has 48 heavy (non-hydrogen) atoms. The van der Waals surface area contributed by atoms with Crippen LogP contribution in [0, 0.1) is 5.92 Å². The lowest BCUT2D eigenvalue weighted by atomic mass is 9.97. The summed E-state index contributed by atoms with van der Waals surface area (Å²) in [6.07, 6.45) is -0.253. The van der Waals surface area contributed by atoms with Crippen LogP contribution in [0.1, 0.15) is 59.4 Å². The Bertz CT molecular complexity index is 1230. The maximum Gasteiger partial charge on any atom is 0.426 e. The molecule has 1 aromatic rings. The Labute approximate surface area is 299 Å². The number of rotatable bonds is 16. The van der Waals surface area contributed by atoms with Crippen LogP contribution in [0.15, 0.2) is 30.3 Å². The van der Waals surface area contributed by atoms with Gasteiger partial charge in [0.15, 0.2) is 0 Å². The van der Waals surface area contributed by atoms with Crippen molar-refractivity contribution < 1.29 is 43.0 Å². The third-order valence-corrected chi connectivity index (χ3v) is 7.28. The van der Waals surface area contributed by atoms with Crippen LogP contribution in [0.3, 0.4) is 0 Å². The number of amides is 5. The highest BCUT2D eigenvalue weighted by atomic mass is 35.6. The maximum atomic E-state index is 13.5. The lowest BCUT2D eigenvalue weighted by Crippen LogP contribution is -2.60. The molecule has 0 aliphatic heterocycles. The lowest BCUT2D eigenvalue weighted by Gasteiger charge is -2.28. The number of esters is 1. The predicted molar refractivity (Wildman–Crippen MR) is 183 cm³/mol. The first-order valence-electron chi connectivity index (χ1n) is 14.9. The Hall–Kier alpha value is -3.14. The van der Waals surface area contributed by atoms with E-state index in [4.69, 9.17) is 49.0 Å². The molecule has 0 saturated carbocycles. The third-order valence-electron chi connectivity index (χ3n) is 6.31. The van der Waals surface area contributed by atoms with Gasteiger partial charge >= 0.3 is 18.2 Å². The quantitative estimate of drug-likeness (QED) is 0.0716. The Kier molecular flexibility index (Phi) is 18.8. The molecular weight excluding hydrogens is 713 g/mol. The molecule has 0 saturated heterocycles. The van der Waals surface area contributed by atoms with Gasteiger partial charge in [0.2, 0.25) is 15.6 Å². The fraction of sp³-hybridized carbons (Fsp3) is 0.600. The molecule has 270 valence electrons. The Morgan fingerprint density at radius 2 is 1.48 bits per heavy atom. The SMILES string of the molecule is CC[C@H](C)[C@H](NC(=O)[C@H](CC(=O)OCc1ccccc1)NC(=O)OC(C)(C)C)C(=O)N[C@@H](CCSC)C(=O)NNC(=O)OCC(Cl)(Cl)Cl. The fourth-order valence-electron chi connectivity index (χ4n) is 3.73. The third kappa shape index (κ3) is 18.4. The summed E-state index contributed by atoms with van der Waals surface area (Å²) in [7, 11) is 0. The molecule has 0 radical (unpaired) electrons. The second-order valence-corrected chi connectivity index (χ2v) is 15.1. The minimum absolute atomic E-state index is 0.0582. The second kappa shape index (κ2) is 21.1.